The van der Waals surface area contributed by atoms with Crippen molar-refractivity contribution in [2.75, 3.05) is 0 Å². The standard InChI is InChI=1S/C24H44O4/c1-2-3-4-5-6-7-8-9-10-11-12-13-14-15-16-17-18-19-20-22(24(27)28)21-23(25)26/h9-10,22H,2-8,11-21H2,1H3,(H,25,26)(H,27,28)/b10-9+. The minimum atomic E-state index is -1.02. The number of allylic oxidation sites excluding steroid dienone is 2. The Kier molecular flexibility index (Phi) is 19.5. The van der Waals surface area contributed by atoms with Gasteiger partial charge in [-0.05, 0) is 32.1 Å². The molecule has 0 amide bonds. The number of carboxylic acid groups (broad SMARTS) is 2. The minimum absolute atomic E-state index is 0.261. The first-order chi connectivity index (χ1) is 13.6. The summed E-state index contributed by atoms with van der Waals surface area (Å²) in [5.74, 6) is -2.74. The fraction of sp³-hybridized carbons (Fsp3) is 0.833. The van der Waals surface area contributed by atoms with Crippen molar-refractivity contribution >= 4 is 11.9 Å². The van der Waals surface area contributed by atoms with Crippen LogP contribution in [0, 0.1) is 5.92 Å². The van der Waals surface area contributed by atoms with Gasteiger partial charge in [0.05, 0.1) is 12.3 Å². The molecule has 0 aromatic heterocycles. The highest BCUT2D eigenvalue weighted by Crippen LogP contribution is 2.16. The molecule has 0 saturated carbocycles. The number of carbonyl (C=O) groups is 2. The Morgan fingerprint density at radius 3 is 1.54 bits per heavy atom. The van der Waals surface area contributed by atoms with Gasteiger partial charge in [-0.15, -0.1) is 0 Å². The molecule has 4 nitrogen and oxygen atoms in total. The van der Waals surface area contributed by atoms with Gasteiger partial charge in [0.2, 0.25) is 0 Å². The van der Waals surface area contributed by atoms with Crippen LogP contribution < -0.4 is 0 Å². The molecule has 1 atom stereocenters. The van der Waals surface area contributed by atoms with Crippen LogP contribution in [0.15, 0.2) is 12.2 Å². The van der Waals surface area contributed by atoms with Crippen LogP contribution in [0.3, 0.4) is 0 Å². The maximum absolute atomic E-state index is 11.0. The van der Waals surface area contributed by atoms with Crippen LogP contribution in [-0.2, 0) is 9.59 Å². The molecule has 164 valence electrons. The van der Waals surface area contributed by atoms with E-state index in [9.17, 15) is 9.59 Å². The second-order valence-corrected chi connectivity index (χ2v) is 8.07. The topological polar surface area (TPSA) is 74.6 Å². The molecule has 0 heterocycles. The van der Waals surface area contributed by atoms with Gasteiger partial charge in [0.1, 0.15) is 0 Å². The molecule has 4 heteroatoms. The lowest BCUT2D eigenvalue weighted by molar-refractivity contribution is -0.148. The van der Waals surface area contributed by atoms with Gasteiger partial charge in [0.15, 0.2) is 0 Å². The Morgan fingerprint density at radius 1 is 0.679 bits per heavy atom. The summed E-state index contributed by atoms with van der Waals surface area (Å²) in [6.07, 6.45) is 24.8. The van der Waals surface area contributed by atoms with Crippen LogP contribution in [-0.4, -0.2) is 22.2 Å². The summed E-state index contributed by atoms with van der Waals surface area (Å²) in [6, 6.07) is 0. The lowest BCUT2D eigenvalue weighted by Gasteiger charge is -2.09. The Labute approximate surface area is 172 Å². The third-order valence-corrected chi connectivity index (χ3v) is 5.33. The van der Waals surface area contributed by atoms with Crippen molar-refractivity contribution in [1.82, 2.24) is 0 Å². The van der Waals surface area contributed by atoms with Crippen LogP contribution in [0.4, 0.5) is 0 Å². The zero-order valence-corrected chi connectivity index (χ0v) is 18.2. The van der Waals surface area contributed by atoms with Crippen LogP contribution >= 0.6 is 0 Å². The molecule has 0 rings (SSSR count). The van der Waals surface area contributed by atoms with Gasteiger partial charge in [-0.2, -0.15) is 0 Å². The highest BCUT2D eigenvalue weighted by Gasteiger charge is 2.20. The molecular formula is C24H44O4. The lowest BCUT2D eigenvalue weighted by atomic mass is 9.97. The van der Waals surface area contributed by atoms with E-state index < -0.39 is 17.9 Å². The average Bonchev–Trinajstić information content (AvgIpc) is 2.65. The van der Waals surface area contributed by atoms with Gasteiger partial charge in [-0.1, -0.05) is 96.1 Å². The molecule has 28 heavy (non-hydrogen) atoms. The number of hydrogen-bond acceptors (Lipinski definition) is 2. The zero-order chi connectivity index (χ0) is 20.9. The van der Waals surface area contributed by atoms with E-state index in [1.807, 2.05) is 0 Å². The van der Waals surface area contributed by atoms with Gasteiger partial charge >= 0.3 is 11.9 Å². The molecule has 0 aliphatic rings. The molecule has 0 aliphatic carbocycles. The molecule has 2 N–H and O–H groups in total. The molecule has 0 aromatic rings. The van der Waals surface area contributed by atoms with E-state index in [0.717, 1.165) is 19.3 Å². The summed E-state index contributed by atoms with van der Waals surface area (Å²) in [5, 5.41) is 17.7. The largest absolute Gasteiger partial charge is 0.481 e. The molecule has 0 aromatic carbocycles. The first-order valence-electron chi connectivity index (χ1n) is 11.7. The first-order valence-corrected chi connectivity index (χ1v) is 11.7. The summed E-state index contributed by atoms with van der Waals surface area (Å²) in [6.45, 7) is 2.26. The summed E-state index contributed by atoms with van der Waals surface area (Å²) < 4.78 is 0. The molecule has 0 fully saturated rings. The van der Waals surface area contributed by atoms with Gasteiger partial charge in [0, 0.05) is 0 Å². The maximum Gasteiger partial charge on any atom is 0.307 e. The third kappa shape index (κ3) is 19.4. The SMILES string of the molecule is CCCCCCCC/C=C/CCCCCCCCCCC(CC(=O)O)C(=O)O. The van der Waals surface area contributed by atoms with Crippen LogP contribution in [0.1, 0.15) is 122 Å². The monoisotopic (exact) mass is 396 g/mol. The molecule has 0 aliphatic heterocycles. The predicted octanol–water partition coefficient (Wildman–Crippen LogP) is 7.37. The molecule has 1 unspecified atom stereocenters. The first kappa shape index (κ1) is 26.7. The summed E-state index contributed by atoms with van der Waals surface area (Å²) >= 11 is 0. The van der Waals surface area contributed by atoms with E-state index >= 15 is 0 Å². The average molecular weight is 397 g/mol. The van der Waals surface area contributed by atoms with Gasteiger partial charge in [-0.25, -0.2) is 0 Å². The van der Waals surface area contributed by atoms with E-state index in [1.165, 1.54) is 83.5 Å². The normalized spacial score (nSPS) is 12.5. The Bertz CT molecular complexity index is 403. The van der Waals surface area contributed by atoms with Crippen molar-refractivity contribution in [3.05, 3.63) is 12.2 Å². The van der Waals surface area contributed by atoms with Crippen molar-refractivity contribution in [2.24, 2.45) is 5.92 Å². The van der Waals surface area contributed by atoms with Crippen molar-refractivity contribution in [3.8, 4) is 0 Å². The molecule has 0 saturated heterocycles. The second kappa shape index (κ2) is 20.4. The molecule has 0 bridgehead atoms. The molecule has 0 spiro atoms. The lowest BCUT2D eigenvalue weighted by Crippen LogP contribution is -2.17. The Morgan fingerprint density at radius 2 is 1.11 bits per heavy atom. The van der Waals surface area contributed by atoms with Gasteiger partial charge in [-0.3, -0.25) is 9.59 Å². The van der Waals surface area contributed by atoms with Gasteiger partial charge in [0.25, 0.3) is 0 Å². The van der Waals surface area contributed by atoms with E-state index in [4.69, 9.17) is 10.2 Å². The Balaban J connectivity index is 3.32. The fourth-order valence-electron chi connectivity index (χ4n) is 3.52. The van der Waals surface area contributed by atoms with Crippen molar-refractivity contribution in [3.63, 3.8) is 0 Å². The highest BCUT2D eigenvalue weighted by atomic mass is 16.4. The predicted molar refractivity (Wildman–Crippen MR) is 117 cm³/mol. The summed E-state index contributed by atoms with van der Waals surface area (Å²) in [5.41, 5.74) is 0. The fourth-order valence-corrected chi connectivity index (χ4v) is 3.52. The highest BCUT2D eigenvalue weighted by molar-refractivity contribution is 5.77. The quantitative estimate of drug-likeness (QED) is 0.157. The van der Waals surface area contributed by atoms with Crippen molar-refractivity contribution < 1.29 is 19.8 Å². The second-order valence-electron chi connectivity index (χ2n) is 8.07. The Hall–Kier alpha value is -1.32. The van der Waals surface area contributed by atoms with E-state index in [0.29, 0.717) is 6.42 Å². The summed E-state index contributed by atoms with van der Waals surface area (Å²) in [4.78, 5) is 21.6. The van der Waals surface area contributed by atoms with Crippen molar-refractivity contribution in [1.29, 1.82) is 0 Å². The van der Waals surface area contributed by atoms with Crippen LogP contribution in [0.5, 0.6) is 0 Å². The van der Waals surface area contributed by atoms with Crippen LogP contribution in [0.25, 0.3) is 0 Å². The number of aliphatic carboxylic acids is 2. The molecular weight excluding hydrogens is 352 g/mol. The smallest absolute Gasteiger partial charge is 0.307 e. The van der Waals surface area contributed by atoms with Crippen molar-refractivity contribution in [2.45, 2.75) is 122 Å². The van der Waals surface area contributed by atoms with E-state index in [1.54, 1.807) is 0 Å². The summed E-state index contributed by atoms with van der Waals surface area (Å²) in [7, 11) is 0. The number of hydrogen-bond donors (Lipinski definition) is 2. The number of carboxylic acids is 2. The maximum atomic E-state index is 11.0. The van der Waals surface area contributed by atoms with E-state index in [-0.39, 0.29) is 6.42 Å². The van der Waals surface area contributed by atoms with Gasteiger partial charge < -0.3 is 10.2 Å². The third-order valence-electron chi connectivity index (χ3n) is 5.33. The van der Waals surface area contributed by atoms with E-state index in [2.05, 4.69) is 19.1 Å². The number of unbranched alkanes of at least 4 members (excludes halogenated alkanes) is 14. The number of rotatable bonds is 21. The molecule has 0 radical (unpaired) electrons. The minimum Gasteiger partial charge on any atom is -0.481 e. The zero-order valence-electron chi connectivity index (χ0n) is 18.2. The van der Waals surface area contributed by atoms with Crippen LogP contribution in [0.2, 0.25) is 0 Å².